The molecule has 1 saturated carbocycles. The summed E-state index contributed by atoms with van der Waals surface area (Å²) in [5.41, 5.74) is 4.49. The minimum atomic E-state index is 0.368. The molecule has 2 aliphatic rings. The van der Waals surface area contributed by atoms with E-state index >= 15 is 0 Å². The van der Waals surface area contributed by atoms with Crippen LogP contribution in [0.1, 0.15) is 42.7 Å². The van der Waals surface area contributed by atoms with Gasteiger partial charge in [0.1, 0.15) is 6.10 Å². The molecule has 0 spiro atoms. The highest BCUT2D eigenvalue weighted by Gasteiger charge is 2.27. The van der Waals surface area contributed by atoms with Gasteiger partial charge in [0.2, 0.25) is 0 Å². The lowest BCUT2D eigenvalue weighted by molar-refractivity contribution is 0.0165. The van der Waals surface area contributed by atoms with Crippen LogP contribution in [0.25, 0.3) is 11.1 Å². The van der Waals surface area contributed by atoms with Crippen LogP contribution in [0.4, 0.5) is 0 Å². The standard InChI is InChI=1S/C22H23NO2/c23-13-16-1-3-17(4-2-16)18-5-7-19(8-6-18)20-9-11-21(12-10-20)24-14-22-15-25-22/h1-8,20-22H,9-12,14-15H2. The first-order valence-electron chi connectivity index (χ1n) is 9.15. The van der Waals surface area contributed by atoms with Crippen molar-refractivity contribution in [2.75, 3.05) is 13.2 Å². The van der Waals surface area contributed by atoms with Gasteiger partial charge < -0.3 is 9.47 Å². The Morgan fingerprint density at radius 3 is 2.08 bits per heavy atom. The first-order chi connectivity index (χ1) is 12.3. The molecular weight excluding hydrogens is 310 g/mol. The molecule has 1 unspecified atom stereocenters. The van der Waals surface area contributed by atoms with Crippen LogP contribution in [-0.2, 0) is 9.47 Å². The number of ether oxygens (including phenoxy) is 2. The second-order valence-corrected chi connectivity index (χ2v) is 7.07. The monoisotopic (exact) mass is 333 g/mol. The fourth-order valence-electron chi connectivity index (χ4n) is 3.66. The molecule has 0 bridgehead atoms. The van der Waals surface area contributed by atoms with E-state index in [9.17, 15) is 0 Å². The van der Waals surface area contributed by atoms with Gasteiger partial charge in [-0.05, 0) is 60.4 Å². The quantitative estimate of drug-likeness (QED) is 0.747. The van der Waals surface area contributed by atoms with Gasteiger partial charge in [-0.3, -0.25) is 0 Å². The third kappa shape index (κ3) is 4.10. The van der Waals surface area contributed by atoms with Gasteiger partial charge in [-0.15, -0.1) is 0 Å². The Labute approximate surface area is 149 Å². The summed E-state index contributed by atoms with van der Waals surface area (Å²) in [5.74, 6) is 0.645. The van der Waals surface area contributed by atoms with Crippen molar-refractivity contribution in [1.82, 2.24) is 0 Å². The van der Waals surface area contributed by atoms with E-state index in [-0.39, 0.29) is 0 Å². The van der Waals surface area contributed by atoms with Gasteiger partial charge in [0, 0.05) is 0 Å². The van der Waals surface area contributed by atoms with Crippen LogP contribution in [0.5, 0.6) is 0 Å². The molecule has 3 heteroatoms. The Morgan fingerprint density at radius 2 is 1.52 bits per heavy atom. The zero-order valence-corrected chi connectivity index (χ0v) is 14.4. The van der Waals surface area contributed by atoms with Crippen molar-refractivity contribution in [1.29, 1.82) is 5.26 Å². The largest absolute Gasteiger partial charge is 0.375 e. The number of nitrogens with zero attached hydrogens (tertiary/aromatic N) is 1. The second-order valence-electron chi connectivity index (χ2n) is 7.07. The average Bonchev–Trinajstić information content (AvgIpc) is 3.52. The van der Waals surface area contributed by atoms with E-state index in [4.69, 9.17) is 14.7 Å². The summed E-state index contributed by atoms with van der Waals surface area (Å²) >= 11 is 0. The fourth-order valence-corrected chi connectivity index (χ4v) is 3.66. The van der Waals surface area contributed by atoms with Gasteiger partial charge in [0.05, 0.1) is 31.0 Å². The fraction of sp³-hybridized carbons (Fsp3) is 0.409. The lowest BCUT2D eigenvalue weighted by Gasteiger charge is -2.28. The molecule has 25 heavy (non-hydrogen) atoms. The van der Waals surface area contributed by atoms with Gasteiger partial charge in [-0.1, -0.05) is 36.4 Å². The third-order valence-electron chi connectivity index (χ3n) is 5.32. The van der Waals surface area contributed by atoms with Crippen molar-refractivity contribution in [2.45, 2.75) is 43.8 Å². The molecule has 0 radical (unpaired) electrons. The van der Waals surface area contributed by atoms with Crippen LogP contribution in [0, 0.1) is 11.3 Å². The summed E-state index contributed by atoms with van der Waals surface area (Å²) in [5, 5.41) is 8.90. The van der Waals surface area contributed by atoms with Crippen LogP contribution in [0.3, 0.4) is 0 Å². The first kappa shape index (κ1) is 16.3. The number of hydrogen-bond donors (Lipinski definition) is 0. The van der Waals surface area contributed by atoms with Crippen LogP contribution in [0.2, 0.25) is 0 Å². The van der Waals surface area contributed by atoms with Crippen molar-refractivity contribution in [3.05, 3.63) is 59.7 Å². The summed E-state index contributed by atoms with van der Waals surface area (Å²) in [6.07, 6.45) is 5.48. The Hall–Kier alpha value is -2.15. The van der Waals surface area contributed by atoms with E-state index in [0.717, 1.165) is 31.6 Å². The lowest BCUT2D eigenvalue weighted by atomic mass is 9.82. The SMILES string of the molecule is N#Cc1ccc(-c2ccc(C3CCC(OCC4CO4)CC3)cc2)cc1. The molecule has 4 rings (SSSR count). The van der Waals surface area contributed by atoms with Crippen molar-refractivity contribution in [3.63, 3.8) is 0 Å². The molecule has 1 aliphatic heterocycles. The maximum Gasteiger partial charge on any atom is 0.104 e. The van der Waals surface area contributed by atoms with Crippen LogP contribution in [0.15, 0.2) is 48.5 Å². The highest BCUT2D eigenvalue weighted by molar-refractivity contribution is 5.64. The normalized spacial score (nSPS) is 25.3. The molecule has 3 nitrogen and oxygen atoms in total. The van der Waals surface area contributed by atoms with Gasteiger partial charge in [-0.2, -0.15) is 5.26 Å². The van der Waals surface area contributed by atoms with Gasteiger partial charge in [0.15, 0.2) is 0 Å². The minimum absolute atomic E-state index is 0.368. The highest BCUT2D eigenvalue weighted by Crippen LogP contribution is 2.35. The summed E-state index contributed by atoms with van der Waals surface area (Å²) in [6.45, 7) is 1.65. The number of rotatable bonds is 5. The molecular formula is C22H23NO2. The zero-order chi connectivity index (χ0) is 17.1. The number of hydrogen-bond acceptors (Lipinski definition) is 3. The molecule has 2 aromatic rings. The minimum Gasteiger partial charge on any atom is -0.375 e. The van der Waals surface area contributed by atoms with Crippen molar-refractivity contribution >= 4 is 0 Å². The Balaban J connectivity index is 1.34. The average molecular weight is 333 g/mol. The number of nitriles is 1. The molecule has 0 aromatic heterocycles. The second kappa shape index (κ2) is 7.39. The zero-order valence-electron chi connectivity index (χ0n) is 14.4. The number of epoxide rings is 1. The highest BCUT2D eigenvalue weighted by atomic mass is 16.6. The molecule has 2 aromatic carbocycles. The Morgan fingerprint density at radius 1 is 0.920 bits per heavy atom. The molecule has 0 N–H and O–H groups in total. The van der Waals surface area contributed by atoms with E-state index in [2.05, 4.69) is 30.3 Å². The first-order valence-corrected chi connectivity index (χ1v) is 9.15. The summed E-state index contributed by atoms with van der Waals surface area (Å²) < 4.78 is 11.1. The maximum absolute atomic E-state index is 8.90. The smallest absolute Gasteiger partial charge is 0.104 e. The Kier molecular flexibility index (Phi) is 4.83. The van der Waals surface area contributed by atoms with E-state index in [0.29, 0.717) is 23.7 Å². The Bertz CT molecular complexity index is 733. The molecule has 0 amide bonds. The van der Waals surface area contributed by atoms with Gasteiger partial charge in [0.25, 0.3) is 0 Å². The maximum atomic E-state index is 8.90. The molecule has 1 aliphatic carbocycles. The molecule has 1 heterocycles. The molecule has 1 saturated heterocycles. The predicted octanol–water partition coefficient (Wildman–Crippen LogP) is 4.67. The third-order valence-corrected chi connectivity index (χ3v) is 5.32. The van der Waals surface area contributed by atoms with Crippen LogP contribution < -0.4 is 0 Å². The van der Waals surface area contributed by atoms with E-state index < -0.39 is 0 Å². The summed E-state index contributed by atoms with van der Waals surface area (Å²) in [7, 11) is 0. The van der Waals surface area contributed by atoms with Crippen LogP contribution in [-0.4, -0.2) is 25.4 Å². The summed E-state index contributed by atoms with van der Waals surface area (Å²) in [4.78, 5) is 0. The molecule has 2 fully saturated rings. The number of benzene rings is 2. The van der Waals surface area contributed by atoms with Gasteiger partial charge in [-0.25, -0.2) is 0 Å². The molecule has 1 atom stereocenters. The van der Waals surface area contributed by atoms with Crippen molar-refractivity contribution in [3.8, 4) is 17.2 Å². The predicted molar refractivity (Wildman–Crippen MR) is 97.3 cm³/mol. The van der Waals surface area contributed by atoms with E-state index in [1.54, 1.807) is 0 Å². The lowest BCUT2D eigenvalue weighted by Crippen LogP contribution is -2.22. The van der Waals surface area contributed by atoms with Crippen molar-refractivity contribution < 1.29 is 9.47 Å². The van der Waals surface area contributed by atoms with E-state index in [1.165, 1.54) is 24.0 Å². The van der Waals surface area contributed by atoms with E-state index in [1.807, 2.05) is 24.3 Å². The van der Waals surface area contributed by atoms with Crippen molar-refractivity contribution in [2.24, 2.45) is 0 Å². The summed E-state index contributed by atoms with van der Waals surface area (Å²) in [6, 6.07) is 18.9. The topological polar surface area (TPSA) is 45.5 Å². The van der Waals surface area contributed by atoms with Crippen LogP contribution >= 0.6 is 0 Å². The molecule has 128 valence electrons. The van der Waals surface area contributed by atoms with Gasteiger partial charge >= 0.3 is 0 Å².